The number of hydrogen-bond acceptors (Lipinski definition) is 7. The lowest BCUT2D eigenvalue weighted by molar-refractivity contribution is -0.154. The third-order valence-electron chi connectivity index (χ3n) is 7.24. The molecule has 3 heterocycles. The van der Waals surface area contributed by atoms with Crippen molar-refractivity contribution in [1.29, 1.82) is 0 Å². The topological polar surface area (TPSA) is 82.6 Å². The lowest BCUT2D eigenvalue weighted by Crippen LogP contribution is -2.39. The molecule has 0 amide bonds. The van der Waals surface area contributed by atoms with Crippen LogP contribution in [0.15, 0.2) is 0 Å². The highest BCUT2D eigenvalue weighted by atomic mass is 32.2. The molecule has 160 valence electrons. The average Bonchev–Trinajstić information content (AvgIpc) is 3.46. The number of aliphatic hydroxyl groups excluding tert-OH is 1. The maximum Gasteiger partial charge on any atom is 0.306 e. The molecule has 1 unspecified atom stereocenters. The lowest BCUT2D eigenvalue weighted by Gasteiger charge is -2.33. The Morgan fingerprint density at radius 3 is 2.68 bits per heavy atom. The van der Waals surface area contributed by atoms with E-state index in [4.69, 9.17) is 4.74 Å². The summed E-state index contributed by atoms with van der Waals surface area (Å²) in [5.41, 5.74) is 0. The highest BCUT2D eigenvalue weighted by Crippen LogP contribution is 2.38. The highest BCUT2D eigenvalue weighted by molar-refractivity contribution is 8.00. The molecule has 6 nitrogen and oxygen atoms in total. The number of ether oxygens (including phenoxy) is 1. The van der Waals surface area contributed by atoms with E-state index in [1.165, 1.54) is 38.6 Å². The minimum absolute atomic E-state index is 0.104. The molecule has 28 heavy (non-hydrogen) atoms. The van der Waals surface area contributed by atoms with E-state index >= 15 is 0 Å². The molecule has 0 bridgehead atoms. The SMILES string of the molecule is O=C(CC[C@@H]1CCCN1)O[C@@H]1[C@@H](O)CN[C@@H]1CC1CCC(C2CNCS2)CC1. The Balaban J connectivity index is 1.20. The van der Waals surface area contributed by atoms with E-state index < -0.39 is 6.10 Å². The van der Waals surface area contributed by atoms with Gasteiger partial charge in [0.25, 0.3) is 0 Å². The van der Waals surface area contributed by atoms with E-state index in [2.05, 4.69) is 27.7 Å². The Labute approximate surface area is 173 Å². The molecule has 1 saturated carbocycles. The van der Waals surface area contributed by atoms with Gasteiger partial charge in [0.1, 0.15) is 12.2 Å². The largest absolute Gasteiger partial charge is 0.458 e. The molecule has 1 aliphatic carbocycles. The van der Waals surface area contributed by atoms with E-state index in [-0.39, 0.29) is 18.1 Å². The highest BCUT2D eigenvalue weighted by Gasteiger charge is 2.40. The van der Waals surface area contributed by atoms with Gasteiger partial charge in [-0.15, -0.1) is 11.8 Å². The van der Waals surface area contributed by atoms with Crippen LogP contribution >= 0.6 is 11.8 Å². The summed E-state index contributed by atoms with van der Waals surface area (Å²) >= 11 is 2.09. The van der Waals surface area contributed by atoms with E-state index in [1.54, 1.807) is 0 Å². The number of aliphatic hydroxyl groups is 1. The van der Waals surface area contributed by atoms with Crippen molar-refractivity contribution in [2.24, 2.45) is 11.8 Å². The number of carbonyl (C=O) groups excluding carboxylic acids is 1. The second-order valence-electron chi connectivity index (χ2n) is 9.19. The summed E-state index contributed by atoms with van der Waals surface area (Å²) in [4.78, 5) is 12.3. The summed E-state index contributed by atoms with van der Waals surface area (Å²) in [6.45, 7) is 2.77. The van der Waals surface area contributed by atoms with Crippen LogP contribution in [0.3, 0.4) is 0 Å². The summed E-state index contributed by atoms with van der Waals surface area (Å²) in [5, 5.41) is 21.5. The molecule has 4 fully saturated rings. The van der Waals surface area contributed by atoms with Crippen molar-refractivity contribution >= 4 is 17.7 Å². The maximum atomic E-state index is 12.3. The fourth-order valence-electron chi connectivity index (χ4n) is 5.54. The Bertz CT molecular complexity index is 503. The Kier molecular flexibility index (Phi) is 7.55. The zero-order valence-electron chi connectivity index (χ0n) is 16.9. The number of esters is 1. The van der Waals surface area contributed by atoms with Gasteiger partial charge in [0.2, 0.25) is 0 Å². The molecule has 4 N–H and O–H groups in total. The molecule has 3 aliphatic heterocycles. The second kappa shape index (κ2) is 10.1. The predicted octanol–water partition coefficient (Wildman–Crippen LogP) is 1.62. The van der Waals surface area contributed by atoms with Gasteiger partial charge in [-0.05, 0) is 56.9 Å². The third-order valence-corrected chi connectivity index (χ3v) is 8.59. The molecule has 0 aromatic rings. The van der Waals surface area contributed by atoms with Crippen molar-refractivity contribution in [1.82, 2.24) is 16.0 Å². The van der Waals surface area contributed by atoms with Gasteiger partial charge in [-0.1, -0.05) is 12.8 Å². The third kappa shape index (κ3) is 5.42. The first kappa shape index (κ1) is 20.9. The molecule has 0 aromatic heterocycles. The molecule has 0 aromatic carbocycles. The van der Waals surface area contributed by atoms with Crippen molar-refractivity contribution < 1.29 is 14.6 Å². The lowest BCUT2D eigenvalue weighted by atomic mass is 9.77. The number of β-amino-alcohol motifs (C(OH)–C–C–N with tert-alkyl or cyclic N) is 1. The van der Waals surface area contributed by atoms with Crippen LogP contribution in [0.4, 0.5) is 0 Å². The Hall–Kier alpha value is -0.340. The minimum atomic E-state index is -0.573. The number of rotatable bonds is 7. The molecule has 7 heteroatoms. The van der Waals surface area contributed by atoms with Crippen LogP contribution in [-0.2, 0) is 9.53 Å². The molecule has 3 saturated heterocycles. The zero-order chi connectivity index (χ0) is 19.3. The summed E-state index contributed by atoms with van der Waals surface area (Å²) in [7, 11) is 0. The van der Waals surface area contributed by atoms with Crippen molar-refractivity contribution in [2.45, 2.75) is 87.3 Å². The summed E-state index contributed by atoms with van der Waals surface area (Å²) in [6.07, 6.45) is 8.88. The Morgan fingerprint density at radius 1 is 1.11 bits per heavy atom. The van der Waals surface area contributed by atoms with Crippen molar-refractivity contribution in [3.8, 4) is 0 Å². The number of hydrogen-bond donors (Lipinski definition) is 4. The molecular formula is C21H37N3O3S. The number of thioether (sulfide) groups is 1. The van der Waals surface area contributed by atoms with Crippen LogP contribution in [0, 0.1) is 11.8 Å². The first-order chi connectivity index (χ1) is 13.7. The van der Waals surface area contributed by atoms with Gasteiger partial charge in [-0.2, -0.15) is 0 Å². The van der Waals surface area contributed by atoms with Crippen molar-refractivity contribution in [3.05, 3.63) is 0 Å². The van der Waals surface area contributed by atoms with Crippen LogP contribution in [0.5, 0.6) is 0 Å². The minimum Gasteiger partial charge on any atom is -0.458 e. The van der Waals surface area contributed by atoms with E-state index in [0.717, 1.165) is 42.9 Å². The molecule has 4 rings (SSSR count). The van der Waals surface area contributed by atoms with E-state index in [0.29, 0.717) is 24.9 Å². The van der Waals surface area contributed by atoms with Gasteiger partial charge < -0.3 is 25.8 Å². The van der Waals surface area contributed by atoms with Gasteiger partial charge in [-0.3, -0.25) is 4.79 Å². The van der Waals surface area contributed by atoms with Crippen molar-refractivity contribution in [3.63, 3.8) is 0 Å². The normalized spacial score (nSPS) is 41.4. The van der Waals surface area contributed by atoms with Gasteiger partial charge >= 0.3 is 5.97 Å². The molecular weight excluding hydrogens is 374 g/mol. The molecule has 5 atom stereocenters. The smallest absolute Gasteiger partial charge is 0.306 e. The summed E-state index contributed by atoms with van der Waals surface area (Å²) < 4.78 is 5.75. The molecule has 0 radical (unpaired) electrons. The van der Waals surface area contributed by atoms with Crippen LogP contribution in [0.25, 0.3) is 0 Å². The van der Waals surface area contributed by atoms with Crippen LogP contribution < -0.4 is 16.0 Å². The first-order valence-corrected chi connectivity index (χ1v) is 12.4. The average molecular weight is 412 g/mol. The summed E-state index contributed by atoms with van der Waals surface area (Å²) in [6, 6.07) is 0.561. The van der Waals surface area contributed by atoms with E-state index in [1.807, 2.05) is 0 Å². The maximum absolute atomic E-state index is 12.3. The van der Waals surface area contributed by atoms with Gasteiger partial charge in [-0.25, -0.2) is 0 Å². The van der Waals surface area contributed by atoms with Crippen LogP contribution in [0.2, 0.25) is 0 Å². The van der Waals surface area contributed by atoms with Crippen LogP contribution in [-0.4, -0.2) is 66.1 Å². The van der Waals surface area contributed by atoms with Crippen molar-refractivity contribution in [2.75, 3.05) is 25.5 Å². The fraction of sp³-hybridized carbons (Fsp3) is 0.952. The first-order valence-electron chi connectivity index (χ1n) is 11.4. The number of nitrogens with one attached hydrogen (secondary N) is 3. The number of carbonyl (C=O) groups is 1. The van der Waals surface area contributed by atoms with Gasteiger partial charge in [0, 0.05) is 42.7 Å². The molecule has 4 aliphatic rings. The van der Waals surface area contributed by atoms with Gasteiger partial charge in [0.05, 0.1) is 0 Å². The monoisotopic (exact) mass is 411 g/mol. The molecule has 0 spiro atoms. The summed E-state index contributed by atoms with van der Waals surface area (Å²) in [5.74, 6) is 2.50. The quantitative estimate of drug-likeness (QED) is 0.474. The predicted molar refractivity (Wildman–Crippen MR) is 112 cm³/mol. The zero-order valence-corrected chi connectivity index (χ0v) is 17.7. The second-order valence-corrected chi connectivity index (χ2v) is 10.4. The fourth-order valence-corrected chi connectivity index (χ4v) is 6.77. The standard InChI is InChI=1S/C21H37N3O3S/c25-18-11-24-17(21(18)27-20(26)8-7-16-2-1-9-23-16)10-14-3-5-15(6-4-14)19-12-22-13-28-19/h14-19,21-25H,1-13H2/t14?,15?,16-,17+,18-,19?,21-/m0/s1. The Morgan fingerprint density at radius 2 is 1.96 bits per heavy atom. The van der Waals surface area contributed by atoms with Crippen LogP contribution in [0.1, 0.15) is 57.8 Å². The van der Waals surface area contributed by atoms with Gasteiger partial charge in [0.15, 0.2) is 0 Å². The van der Waals surface area contributed by atoms with E-state index in [9.17, 15) is 9.90 Å².